The molecule has 0 amide bonds. The molecule has 3 nitrogen and oxygen atoms in total. The fraction of sp³-hybridized carbons (Fsp3) is 0.647. The van der Waals surface area contributed by atoms with E-state index in [0.717, 1.165) is 36.2 Å². The maximum absolute atomic E-state index is 6.17. The highest BCUT2D eigenvalue weighted by Gasteiger charge is 2.26. The lowest BCUT2D eigenvalue weighted by Crippen LogP contribution is -2.28. The van der Waals surface area contributed by atoms with Crippen molar-refractivity contribution in [1.82, 2.24) is 0 Å². The fourth-order valence-corrected chi connectivity index (χ4v) is 3.13. The van der Waals surface area contributed by atoms with Gasteiger partial charge in [-0.1, -0.05) is 19.9 Å². The summed E-state index contributed by atoms with van der Waals surface area (Å²) in [5, 5.41) is 0. The number of para-hydroxylation sites is 1. The van der Waals surface area contributed by atoms with Crippen molar-refractivity contribution in [1.29, 1.82) is 0 Å². The third-order valence-electron chi connectivity index (χ3n) is 3.82. The van der Waals surface area contributed by atoms with Crippen LogP contribution in [-0.2, 0) is 0 Å². The molecule has 2 atom stereocenters. The summed E-state index contributed by atoms with van der Waals surface area (Å²) in [4.78, 5) is 0. The maximum atomic E-state index is 6.17. The van der Waals surface area contributed by atoms with Crippen molar-refractivity contribution in [2.45, 2.75) is 59.2 Å². The molecular formula is C17H27NO2. The van der Waals surface area contributed by atoms with Gasteiger partial charge >= 0.3 is 0 Å². The number of anilines is 1. The van der Waals surface area contributed by atoms with Gasteiger partial charge in [0.1, 0.15) is 17.2 Å². The molecule has 0 spiro atoms. The number of ether oxygens (including phenoxy) is 2. The van der Waals surface area contributed by atoms with Crippen molar-refractivity contribution in [3.05, 3.63) is 18.2 Å². The van der Waals surface area contributed by atoms with E-state index in [2.05, 4.69) is 13.8 Å². The monoisotopic (exact) mass is 277 g/mol. The molecule has 0 saturated heterocycles. The summed E-state index contributed by atoms with van der Waals surface area (Å²) >= 11 is 0. The standard InChI is InChI=1S/C17H27NO2/c1-11(2)19-15-6-5-7-16(17(15)18)20-14-9-12(3)8-13(4)10-14/h5-7,11-14H,8-10,18H2,1-4H3. The molecule has 0 aliphatic heterocycles. The van der Waals surface area contributed by atoms with Gasteiger partial charge in [0.2, 0.25) is 0 Å². The number of nitrogen functional groups attached to an aromatic ring is 1. The first-order chi connectivity index (χ1) is 9.45. The van der Waals surface area contributed by atoms with Gasteiger partial charge in [0.25, 0.3) is 0 Å². The van der Waals surface area contributed by atoms with Gasteiger partial charge in [-0.3, -0.25) is 0 Å². The lowest BCUT2D eigenvalue weighted by atomic mass is 9.82. The second-order valence-electron chi connectivity index (χ2n) is 6.49. The van der Waals surface area contributed by atoms with Gasteiger partial charge < -0.3 is 15.2 Å². The number of hydrogen-bond donors (Lipinski definition) is 1. The van der Waals surface area contributed by atoms with Crippen LogP contribution in [-0.4, -0.2) is 12.2 Å². The van der Waals surface area contributed by atoms with Crippen molar-refractivity contribution in [3.8, 4) is 11.5 Å². The van der Waals surface area contributed by atoms with Gasteiger partial charge in [0.15, 0.2) is 0 Å². The van der Waals surface area contributed by atoms with Crippen LogP contribution in [0.4, 0.5) is 5.69 Å². The van der Waals surface area contributed by atoms with E-state index in [1.54, 1.807) is 0 Å². The lowest BCUT2D eigenvalue weighted by Gasteiger charge is -2.32. The molecule has 0 heterocycles. The topological polar surface area (TPSA) is 44.5 Å². The summed E-state index contributed by atoms with van der Waals surface area (Å²) in [6.45, 7) is 8.59. The predicted molar refractivity (Wildman–Crippen MR) is 83.2 cm³/mol. The lowest BCUT2D eigenvalue weighted by molar-refractivity contribution is 0.101. The molecule has 2 unspecified atom stereocenters. The minimum absolute atomic E-state index is 0.113. The van der Waals surface area contributed by atoms with Crippen LogP contribution in [0.1, 0.15) is 47.0 Å². The highest BCUT2D eigenvalue weighted by atomic mass is 16.5. The Hall–Kier alpha value is -1.38. The first kappa shape index (κ1) is 15.0. The maximum Gasteiger partial charge on any atom is 0.146 e. The molecule has 2 rings (SSSR count). The average molecular weight is 277 g/mol. The molecular weight excluding hydrogens is 250 g/mol. The van der Waals surface area contributed by atoms with Crippen LogP contribution >= 0.6 is 0 Å². The first-order valence-electron chi connectivity index (χ1n) is 7.67. The van der Waals surface area contributed by atoms with E-state index in [0.29, 0.717) is 5.69 Å². The van der Waals surface area contributed by atoms with E-state index >= 15 is 0 Å². The quantitative estimate of drug-likeness (QED) is 0.836. The van der Waals surface area contributed by atoms with Crippen molar-refractivity contribution in [2.24, 2.45) is 11.8 Å². The second-order valence-corrected chi connectivity index (χ2v) is 6.49. The van der Waals surface area contributed by atoms with Crippen LogP contribution in [0, 0.1) is 11.8 Å². The Bertz CT molecular complexity index is 435. The van der Waals surface area contributed by atoms with Crippen LogP contribution in [0.3, 0.4) is 0 Å². The van der Waals surface area contributed by atoms with Crippen LogP contribution in [0.25, 0.3) is 0 Å². The van der Waals surface area contributed by atoms with E-state index in [4.69, 9.17) is 15.2 Å². The van der Waals surface area contributed by atoms with Gasteiger partial charge in [-0.25, -0.2) is 0 Å². The average Bonchev–Trinajstić information content (AvgIpc) is 2.32. The fourth-order valence-electron chi connectivity index (χ4n) is 3.13. The smallest absolute Gasteiger partial charge is 0.146 e. The summed E-state index contributed by atoms with van der Waals surface area (Å²) < 4.78 is 11.9. The highest BCUT2D eigenvalue weighted by Crippen LogP contribution is 2.36. The molecule has 1 fully saturated rings. The van der Waals surface area contributed by atoms with E-state index < -0.39 is 0 Å². The Labute approximate surface area is 122 Å². The molecule has 0 aromatic heterocycles. The second kappa shape index (κ2) is 6.38. The molecule has 1 aliphatic carbocycles. The molecule has 2 N–H and O–H groups in total. The Morgan fingerprint density at radius 1 is 1.05 bits per heavy atom. The normalized spacial score (nSPS) is 26.6. The zero-order valence-electron chi connectivity index (χ0n) is 13.1. The van der Waals surface area contributed by atoms with Crippen LogP contribution < -0.4 is 15.2 Å². The third-order valence-corrected chi connectivity index (χ3v) is 3.82. The van der Waals surface area contributed by atoms with Crippen LogP contribution in [0.5, 0.6) is 11.5 Å². The molecule has 0 radical (unpaired) electrons. The number of hydrogen-bond acceptors (Lipinski definition) is 3. The zero-order valence-corrected chi connectivity index (χ0v) is 13.1. The number of nitrogens with two attached hydrogens (primary N) is 1. The Balaban J connectivity index is 2.09. The SMILES string of the molecule is CC1CC(C)CC(Oc2cccc(OC(C)C)c2N)C1. The van der Waals surface area contributed by atoms with Crippen LogP contribution in [0.2, 0.25) is 0 Å². The predicted octanol–water partition coefficient (Wildman–Crippen LogP) is 4.26. The van der Waals surface area contributed by atoms with Gasteiger partial charge in [-0.15, -0.1) is 0 Å². The Morgan fingerprint density at radius 2 is 1.65 bits per heavy atom. The molecule has 1 aromatic rings. The van der Waals surface area contributed by atoms with Gasteiger partial charge in [0, 0.05) is 0 Å². The van der Waals surface area contributed by atoms with Crippen molar-refractivity contribution in [3.63, 3.8) is 0 Å². The first-order valence-corrected chi connectivity index (χ1v) is 7.67. The summed E-state index contributed by atoms with van der Waals surface area (Å²) in [7, 11) is 0. The van der Waals surface area contributed by atoms with E-state index in [1.807, 2.05) is 32.0 Å². The molecule has 1 aromatic carbocycles. The van der Waals surface area contributed by atoms with Gasteiger partial charge in [-0.05, 0) is 57.1 Å². The summed E-state index contributed by atoms with van der Waals surface area (Å²) in [6, 6.07) is 5.78. The van der Waals surface area contributed by atoms with E-state index in [9.17, 15) is 0 Å². The molecule has 20 heavy (non-hydrogen) atoms. The van der Waals surface area contributed by atoms with Crippen molar-refractivity contribution >= 4 is 5.69 Å². The summed E-state index contributed by atoms with van der Waals surface area (Å²) in [5.74, 6) is 2.92. The summed E-state index contributed by atoms with van der Waals surface area (Å²) in [6.07, 6.45) is 3.90. The molecule has 1 saturated carbocycles. The van der Waals surface area contributed by atoms with Crippen LogP contribution in [0.15, 0.2) is 18.2 Å². The highest BCUT2D eigenvalue weighted by molar-refractivity contribution is 5.62. The van der Waals surface area contributed by atoms with Crippen molar-refractivity contribution < 1.29 is 9.47 Å². The minimum Gasteiger partial charge on any atom is -0.489 e. The largest absolute Gasteiger partial charge is 0.489 e. The molecule has 3 heteroatoms. The Kier molecular flexibility index (Phi) is 4.79. The van der Waals surface area contributed by atoms with Gasteiger partial charge in [0.05, 0.1) is 12.2 Å². The number of rotatable bonds is 4. The zero-order chi connectivity index (χ0) is 14.7. The van der Waals surface area contributed by atoms with E-state index in [-0.39, 0.29) is 12.2 Å². The third kappa shape index (κ3) is 3.81. The molecule has 112 valence electrons. The van der Waals surface area contributed by atoms with Gasteiger partial charge in [-0.2, -0.15) is 0 Å². The Morgan fingerprint density at radius 3 is 2.25 bits per heavy atom. The van der Waals surface area contributed by atoms with Crippen molar-refractivity contribution in [2.75, 3.05) is 5.73 Å². The summed E-state index contributed by atoms with van der Waals surface area (Å²) in [5.41, 5.74) is 6.79. The molecule has 0 bridgehead atoms. The minimum atomic E-state index is 0.113. The van der Waals surface area contributed by atoms with E-state index in [1.165, 1.54) is 6.42 Å². The molecule has 1 aliphatic rings. The number of benzene rings is 1.